The number of hydrogen-bond acceptors (Lipinski definition) is 24. The van der Waals surface area contributed by atoms with E-state index in [4.69, 9.17) is 9.26 Å². The van der Waals surface area contributed by atoms with Crippen LogP contribution in [0, 0.1) is 34.1 Å². The number of nitrogens with one attached hydrogen (secondary N) is 2. The lowest BCUT2D eigenvalue weighted by Gasteiger charge is -2.28. The number of rotatable bonds is 24. The highest BCUT2D eigenvalue weighted by Gasteiger charge is 2.51. The second kappa shape index (κ2) is 24.7. The Hall–Kier alpha value is -7.69. The molecule has 35 heteroatoms. The molecule has 0 bridgehead atoms. The lowest BCUT2D eigenvalue weighted by atomic mass is 9.81. The van der Waals surface area contributed by atoms with Crippen LogP contribution in [0.3, 0.4) is 0 Å². The molecule has 0 spiro atoms. The Labute approximate surface area is 479 Å². The van der Waals surface area contributed by atoms with Crippen molar-refractivity contribution in [3.05, 3.63) is 142 Å². The highest BCUT2D eigenvalue weighted by molar-refractivity contribution is 7.66. The van der Waals surface area contributed by atoms with Gasteiger partial charge in [-0.2, -0.15) is 28.4 Å². The summed E-state index contributed by atoms with van der Waals surface area (Å²) in [6, 6.07) is 14.1. The minimum Gasteiger partial charge on any atom is -0.603 e. The van der Waals surface area contributed by atoms with Crippen LogP contribution in [0.1, 0.15) is 48.8 Å². The minimum absolute atomic E-state index is 0.0386. The Bertz CT molecular complexity index is 3890. The summed E-state index contributed by atoms with van der Waals surface area (Å²) in [6.07, 6.45) is -7.30. The number of imidazole rings is 1. The Morgan fingerprint density at radius 1 is 0.953 bits per heavy atom. The first kappa shape index (κ1) is 61.9. The zero-order valence-corrected chi connectivity index (χ0v) is 47.1. The molecule has 0 saturated carbocycles. The van der Waals surface area contributed by atoms with Crippen molar-refractivity contribution >= 4 is 79.1 Å². The van der Waals surface area contributed by atoms with Crippen molar-refractivity contribution in [3.8, 4) is 11.5 Å². The van der Waals surface area contributed by atoms with E-state index in [2.05, 4.69) is 44.1 Å². The van der Waals surface area contributed by atoms with Crippen molar-refractivity contribution < 1.29 is 87.7 Å². The zero-order chi connectivity index (χ0) is 61.4. The number of aromatic amines is 1. The first-order chi connectivity index (χ1) is 40.1. The number of phosphoric ester groups is 2. The molecule has 10 N–H and O–H groups in total. The average Bonchev–Trinajstić information content (AvgIpc) is 1.91. The van der Waals surface area contributed by atoms with Gasteiger partial charge in [-0.15, -0.1) is 0 Å². The molecule has 5 aromatic rings. The van der Waals surface area contributed by atoms with Crippen LogP contribution in [0.5, 0.6) is 0 Å². The number of aromatic nitrogens is 8. The van der Waals surface area contributed by atoms with Crippen LogP contribution in [0.25, 0.3) is 45.1 Å². The number of hydrogen-bond donors (Lipinski definition) is 10. The summed E-state index contributed by atoms with van der Waals surface area (Å²) >= 11 is 0. The van der Waals surface area contributed by atoms with Gasteiger partial charge in [0, 0.05) is 53.1 Å². The first-order valence-electron chi connectivity index (χ1n) is 25.8. The number of ether oxygens (including phenoxy) is 1. The maximum Gasteiger partial charge on any atom is 0.434 e. The van der Waals surface area contributed by atoms with Crippen LogP contribution >= 0.6 is 16.3 Å². The summed E-state index contributed by atoms with van der Waals surface area (Å²) in [4.78, 5) is 119. The molecule has 6 heterocycles. The molecule has 4 aliphatic heterocycles. The van der Waals surface area contributed by atoms with Gasteiger partial charge in [-0.3, -0.25) is 34.6 Å². The van der Waals surface area contributed by atoms with Crippen molar-refractivity contribution in [1.29, 1.82) is 0 Å². The predicted molar refractivity (Wildman–Crippen MR) is 295 cm³/mol. The summed E-state index contributed by atoms with van der Waals surface area (Å²) in [5.74, 6) is -0.280. The molecule has 9 rings (SSSR count). The Kier molecular flexibility index (Phi) is 18.0. The number of aryl methyl sites for hydroxylation is 2. The number of aliphatic hydroxyl groups is 6. The smallest absolute Gasteiger partial charge is 0.434 e. The highest BCUT2D eigenvalue weighted by Crippen LogP contribution is 2.65. The van der Waals surface area contributed by atoms with Crippen molar-refractivity contribution in [3.63, 3.8) is 0 Å². The number of H-pyrrole nitrogens is 1. The Morgan fingerprint density at radius 2 is 1.68 bits per heavy atom. The summed E-state index contributed by atoms with van der Waals surface area (Å²) < 4.78 is 23.9. The van der Waals surface area contributed by atoms with Gasteiger partial charge in [0.2, 0.25) is 5.69 Å². The van der Waals surface area contributed by atoms with E-state index in [-0.39, 0.29) is 88.4 Å². The molecule has 0 radical (unpaired) electrons. The fourth-order valence-electron chi connectivity index (χ4n) is 9.81. The van der Waals surface area contributed by atoms with Gasteiger partial charge in [-0.05, 0) is 62.8 Å². The molecule has 4 aliphatic rings. The molecule has 2 unspecified atom stereocenters. The molecule has 1 saturated heterocycles. The molecule has 33 nitrogen and oxygen atoms in total. The fraction of sp³-hybridized carbons (Fsp3) is 0.380. The molecule has 2 aromatic heterocycles. The molecule has 0 aliphatic carbocycles. The number of benzene rings is 3. The minimum atomic E-state index is -5.65. The number of fused-ring (bicyclic) bond motifs is 4. The van der Waals surface area contributed by atoms with Crippen LogP contribution in [0.15, 0.2) is 82.9 Å². The molecule has 450 valence electrons. The second-order valence-corrected chi connectivity index (χ2v) is 23.3. The number of nitro benzene ring substituents is 2. The van der Waals surface area contributed by atoms with Crippen molar-refractivity contribution in [2.45, 2.75) is 88.9 Å². The van der Waals surface area contributed by atoms with Gasteiger partial charge < -0.3 is 60.0 Å². The molecule has 85 heavy (non-hydrogen) atoms. The number of non-ortho nitro benzene ring substituents is 1. The van der Waals surface area contributed by atoms with Gasteiger partial charge in [0.1, 0.15) is 68.3 Å². The van der Waals surface area contributed by atoms with Gasteiger partial charge in [-0.25, -0.2) is 24.7 Å². The zero-order valence-electron chi connectivity index (χ0n) is 45.3. The lowest BCUT2D eigenvalue weighted by molar-refractivity contribution is -0.470. The third-order valence-corrected chi connectivity index (χ3v) is 16.9. The van der Waals surface area contributed by atoms with E-state index in [9.17, 15) is 80.0 Å². The number of para-hydroxylation sites is 1. The molecular formula is C50H56N13O20P2+. The summed E-state index contributed by atoms with van der Waals surface area (Å²) in [7, 11) is -11.3. The molecule has 3 aromatic carbocycles. The van der Waals surface area contributed by atoms with Gasteiger partial charge in [0.25, 0.3) is 16.9 Å². The van der Waals surface area contributed by atoms with E-state index in [0.717, 1.165) is 46.9 Å². The van der Waals surface area contributed by atoms with E-state index in [1.807, 2.05) is 47.7 Å². The van der Waals surface area contributed by atoms with Crippen LogP contribution in [-0.2, 0) is 30.1 Å². The van der Waals surface area contributed by atoms with E-state index in [0.29, 0.717) is 5.71 Å². The van der Waals surface area contributed by atoms with Gasteiger partial charge in [0.05, 0.1) is 44.7 Å². The number of allylic oxidation sites excluding steroid dienone is 1. The predicted octanol–water partition coefficient (Wildman–Crippen LogP) is -1.11. The van der Waals surface area contributed by atoms with Crippen molar-refractivity contribution in [2.24, 2.45) is 0 Å². The number of nitrogens with zero attached hydrogens (tertiary/aromatic N) is 11. The second-order valence-electron chi connectivity index (χ2n) is 20.3. The fourth-order valence-corrected chi connectivity index (χ4v) is 11.9. The van der Waals surface area contributed by atoms with Crippen molar-refractivity contribution in [1.82, 2.24) is 39.0 Å². The SMILES string of the molecule is Cc1cc2nc3c(=O)[nH]c(=O)nc-3n(C[C@H](O)[C@H](O)[C@H](O)CO[P+]([O-])(O)O[P+]([O-])(O)OC[C@H]3O[C@@H](n4cnc5c([N-]CC[NH+]=C(O)CC[N+]6=C(/C=C/c7cc([N+](=O)[O-])ccc7[N+](=O)[O-])C(C)(C)c7ccccc76)ncnc54)[C@H](O)[C@@H]3O)c2cc1C. The standard InChI is InChI=1S/C50H55N13O20P2/c1-25-17-30-33(18-26(25)2)60(46-40(56-30)47(70)58-49(71)57-46)20-34(64)41(67)35(65)21-80-84(76,77)83-85(78,79)81-22-36-42(68)43(69)48(82-36)61-24-55-39-44(53-23-54-45(39)61)52-15-14-51-38(66)13-16-59-32-8-6-5-7-29(32)50(3,4)37(59)12-9-27-19-28(62(72)73)10-11-31(27)63(74)75/h5-12,17-19,23-24,34-36,41-43,48,64-65,67-69H,13-16,20-22H2,1-4H3,(H4-,51,52,53,54,58,66,70,71,76,77,78,79)/p+1/b12-9+/t34-,35+,36+,41-,42+,43+,48+/m0/s1. The third-order valence-electron chi connectivity index (χ3n) is 14.3. The summed E-state index contributed by atoms with van der Waals surface area (Å²) in [5.41, 5.74) is 1.36. The summed E-state index contributed by atoms with van der Waals surface area (Å²) in [5, 5.41) is 93.2. The molecule has 0 amide bonds. The maximum atomic E-state index is 12.9. The maximum absolute atomic E-state index is 12.9. The van der Waals surface area contributed by atoms with Gasteiger partial charge >= 0.3 is 27.9 Å². The first-order valence-corrected chi connectivity index (χ1v) is 28.8. The quantitative estimate of drug-likeness (QED) is 0.00501. The van der Waals surface area contributed by atoms with Gasteiger partial charge in [0.15, 0.2) is 35.6 Å². The van der Waals surface area contributed by atoms with E-state index in [1.54, 1.807) is 32.1 Å². The van der Waals surface area contributed by atoms with Crippen LogP contribution in [0.4, 0.5) is 22.9 Å². The van der Waals surface area contributed by atoms with Crippen LogP contribution < -0.4 is 26.0 Å². The topological polar surface area (TPSA) is 486 Å². The lowest BCUT2D eigenvalue weighted by Crippen LogP contribution is -2.74. The third kappa shape index (κ3) is 13.3. The molecular weight excluding hydrogens is 1160 g/mol. The largest absolute Gasteiger partial charge is 0.603 e. The van der Waals surface area contributed by atoms with Crippen molar-refractivity contribution in [2.75, 3.05) is 32.8 Å². The normalized spacial score (nSPS) is 20.5. The number of nitro groups is 2. The van der Waals surface area contributed by atoms with E-state index < -0.39 is 105 Å². The van der Waals surface area contributed by atoms with Crippen LogP contribution in [0.2, 0.25) is 0 Å². The number of phosphoric acid groups is 2. The Balaban J connectivity index is 0.776. The molecule has 9 atom stereocenters. The highest BCUT2D eigenvalue weighted by atomic mass is 31.3. The van der Waals surface area contributed by atoms with E-state index >= 15 is 0 Å². The van der Waals surface area contributed by atoms with E-state index in [1.165, 1.54) is 21.5 Å². The molecule has 1 fully saturated rings. The average molecular weight is 1220 g/mol. The van der Waals surface area contributed by atoms with Crippen LogP contribution in [-0.4, -0.2) is 175 Å². The summed E-state index contributed by atoms with van der Waals surface area (Å²) in [6.45, 7) is 4.94. The number of aliphatic hydroxyl groups excluding tert-OH is 6. The monoisotopic (exact) mass is 1220 g/mol. The van der Waals surface area contributed by atoms with Gasteiger partial charge in [-0.1, -0.05) is 18.2 Å². The Morgan fingerprint density at radius 3 is 2.42 bits per heavy atom.